The molecule has 0 saturated carbocycles. The minimum Gasteiger partial charge on any atom is -0.445 e. The Morgan fingerprint density at radius 1 is 0.744 bits per heavy atom. The second kappa shape index (κ2) is 14.8. The van der Waals surface area contributed by atoms with Crippen molar-refractivity contribution >= 4 is 18.1 Å². The molecule has 198 valence electrons. The number of nitrogens with zero attached hydrogens (tertiary/aromatic N) is 2. The third-order valence-electron chi connectivity index (χ3n) is 6.08. The van der Waals surface area contributed by atoms with Crippen molar-refractivity contribution in [2.45, 2.75) is 38.0 Å². The Balaban J connectivity index is 1.46. The molecule has 2 unspecified atom stereocenters. The van der Waals surface area contributed by atoms with Gasteiger partial charge in [-0.25, -0.2) is 14.8 Å². The molecule has 0 fully saturated rings. The average molecular weight is 521 g/mol. The van der Waals surface area contributed by atoms with Gasteiger partial charge >= 0.3 is 6.09 Å². The predicted octanol–water partition coefficient (Wildman–Crippen LogP) is 5.15. The van der Waals surface area contributed by atoms with Gasteiger partial charge in [0, 0.05) is 24.9 Å². The van der Waals surface area contributed by atoms with Crippen LogP contribution in [0.15, 0.2) is 116 Å². The fraction of sp³-hybridized carbons (Fsp3) is 0.188. The van der Waals surface area contributed by atoms with E-state index in [0.717, 1.165) is 17.5 Å². The second-order valence-electron chi connectivity index (χ2n) is 9.05. The maximum atomic E-state index is 13.5. The Bertz CT molecular complexity index is 1320. The molecular weight excluding hydrogens is 488 g/mol. The van der Waals surface area contributed by atoms with Crippen molar-refractivity contribution in [2.75, 3.05) is 0 Å². The Morgan fingerprint density at radius 3 is 1.97 bits per heavy atom. The first-order chi connectivity index (χ1) is 19.2. The maximum Gasteiger partial charge on any atom is 0.408 e. The standard InChI is InChI=1S/C32H32N4O3/c37-31(35-28(18-17-25-11-4-1-5-12-25)19-20-30-33-21-10-22-34-30)29(23-26-13-6-2-7-14-26)36-32(38)39-24-27-15-8-3-9-16-27/h1-16,19-22,28-29H,17-18,23-24H2,(H,35,37)(H,36,38). The first kappa shape index (κ1) is 27.3. The summed E-state index contributed by atoms with van der Waals surface area (Å²) in [6.45, 7) is 0.117. The lowest BCUT2D eigenvalue weighted by molar-refractivity contribution is -0.123. The summed E-state index contributed by atoms with van der Waals surface area (Å²) in [5, 5.41) is 5.87. The van der Waals surface area contributed by atoms with Crippen molar-refractivity contribution < 1.29 is 14.3 Å². The molecule has 0 radical (unpaired) electrons. The SMILES string of the molecule is O=C(NC(Cc1ccccc1)C(=O)NC(C=Cc1ncccn1)CCc1ccccc1)OCc1ccccc1. The van der Waals surface area contributed by atoms with Gasteiger partial charge in [-0.15, -0.1) is 0 Å². The molecule has 0 aliphatic rings. The van der Waals surface area contributed by atoms with Crippen LogP contribution in [0.5, 0.6) is 0 Å². The zero-order chi connectivity index (χ0) is 27.1. The van der Waals surface area contributed by atoms with Gasteiger partial charge in [-0.1, -0.05) is 97.1 Å². The van der Waals surface area contributed by atoms with Crippen LogP contribution in [0.25, 0.3) is 6.08 Å². The number of carbonyl (C=O) groups excluding carboxylic acids is 2. The summed E-state index contributed by atoms with van der Waals surface area (Å²) in [6, 6.07) is 29.7. The number of hydrogen-bond donors (Lipinski definition) is 2. The summed E-state index contributed by atoms with van der Waals surface area (Å²) in [5.41, 5.74) is 2.96. The molecule has 3 aromatic carbocycles. The van der Waals surface area contributed by atoms with Crippen LogP contribution in [-0.4, -0.2) is 34.1 Å². The van der Waals surface area contributed by atoms with E-state index in [1.807, 2.05) is 84.9 Å². The van der Waals surface area contributed by atoms with Gasteiger partial charge in [-0.3, -0.25) is 4.79 Å². The second-order valence-corrected chi connectivity index (χ2v) is 9.05. The maximum absolute atomic E-state index is 13.5. The summed E-state index contributed by atoms with van der Waals surface area (Å²) in [5.74, 6) is 0.257. The largest absolute Gasteiger partial charge is 0.445 e. The van der Waals surface area contributed by atoms with Crippen LogP contribution in [0, 0.1) is 0 Å². The van der Waals surface area contributed by atoms with Crippen LogP contribution >= 0.6 is 0 Å². The molecule has 0 aliphatic heterocycles. The molecule has 1 aromatic heterocycles. The van der Waals surface area contributed by atoms with Gasteiger partial charge < -0.3 is 15.4 Å². The average Bonchev–Trinajstić information content (AvgIpc) is 2.99. The Kier molecular flexibility index (Phi) is 10.4. The topological polar surface area (TPSA) is 93.2 Å². The van der Waals surface area contributed by atoms with E-state index in [9.17, 15) is 9.59 Å². The molecule has 1 heterocycles. The number of benzene rings is 3. The molecule has 2 N–H and O–H groups in total. The molecule has 39 heavy (non-hydrogen) atoms. The van der Waals surface area contributed by atoms with Gasteiger partial charge in [0.25, 0.3) is 0 Å². The van der Waals surface area contributed by atoms with Gasteiger partial charge in [0.05, 0.1) is 0 Å². The van der Waals surface area contributed by atoms with Gasteiger partial charge in [-0.05, 0) is 41.7 Å². The van der Waals surface area contributed by atoms with E-state index in [0.29, 0.717) is 18.7 Å². The third kappa shape index (κ3) is 9.55. The highest BCUT2D eigenvalue weighted by Gasteiger charge is 2.24. The molecule has 0 spiro atoms. The van der Waals surface area contributed by atoms with Crippen molar-refractivity contribution in [1.29, 1.82) is 0 Å². The number of ether oxygens (including phenoxy) is 1. The number of aromatic nitrogens is 2. The van der Waals surface area contributed by atoms with Crippen molar-refractivity contribution in [3.05, 3.63) is 138 Å². The summed E-state index contributed by atoms with van der Waals surface area (Å²) in [6.07, 6.45) is 8.13. The molecule has 0 saturated heterocycles. The van der Waals surface area contributed by atoms with Crippen molar-refractivity contribution in [3.63, 3.8) is 0 Å². The molecule has 4 rings (SSSR count). The minimum absolute atomic E-state index is 0.117. The minimum atomic E-state index is -0.823. The van der Waals surface area contributed by atoms with Crippen molar-refractivity contribution in [2.24, 2.45) is 0 Å². The molecule has 2 amide bonds. The van der Waals surface area contributed by atoms with Crippen LogP contribution in [0.3, 0.4) is 0 Å². The summed E-state index contributed by atoms with van der Waals surface area (Å²) < 4.78 is 5.40. The zero-order valence-electron chi connectivity index (χ0n) is 21.6. The predicted molar refractivity (Wildman–Crippen MR) is 151 cm³/mol. The van der Waals surface area contributed by atoms with Gasteiger partial charge in [0.1, 0.15) is 12.6 Å². The number of alkyl carbamates (subject to hydrolysis) is 1. The summed E-state index contributed by atoms with van der Waals surface area (Å²) in [7, 11) is 0. The number of nitrogens with one attached hydrogen (secondary N) is 2. The first-order valence-corrected chi connectivity index (χ1v) is 13.0. The quantitative estimate of drug-likeness (QED) is 0.270. The van der Waals surface area contributed by atoms with E-state index >= 15 is 0 Å². The smallest absolute Gasteiger partial charge is 0.408 e. The van der Waals surface area contributed by atoms with Crippen LogP contribution in [-0.2, 0) is 29.0 Å². The van der Waals surface area contributed by atoms with E-state index in [2.05, 4.69) is 32.7 Å². The Morgan fingerprint density at radius 2 is 1.33 bits per heavy atom. The molecule has 2 atom stereocenters. The normalized spacial score (nSPS) is 12.4. The molecule has 0 aliphatic carbocycles. The lowest BCUT2D eigenvalue weighted by Gasteiger charge is -2.22. The third-order valence-corrected chi connectivity index (χ3v) is 6.08. The highest BCUT2D eigenvalue weighted by atomic mass is 16.5. The van der Waals surface area contributed by atoms with Crippen LogP contribution in [0.2, 0.25) is 0 Å². The molecule has 7 nitrogen and oxygen atoms in total. The van der Waals surface area contributed by atoms with E-state index < -0.39 is 12.1 Å². The first-order valence-electron chi connectivity index (χ1n) is 13.0. The lowest BCUT2D eigenvalue weighted by atomic mass is 10.0. The number of amides is 2. The van der Waals surface area contributed by atoms with Crippen molar-refractivity contribution in [3.8, 4) is 0 Å². The van der Waals surface area contributed by atoms with E-state index in [4.69, 9.17) is 4.74 Å². The zero-order valence-corrected chi connectivity index (χ0v) is 21.6. The van der Waals surface area contributed by atoms with Gasteiger partial charge in [0.15, 0.2) is 5.82 Å². The van der Waals surface area contributed by atoms with E-state index in [1.54, 1.807) is 24.5 Å². The van der Waals surface area contributed by atoms with Gasteiger partial charge in [0.2, 0.25) is 5.91 Å². The molecule has 7 heteroatoms. The summed E-state index contributed by atoms with van der Waals surface area (Å²) >= 11 is 0. The Labute approximate surface area is 229 Å². The number of aryl methyl sites for hydroxylation is 1. The molecule has 4 aromatic rings. The van der Waals surface area contributed by atoms with E-state index in [-0.39, 0.29) is 18.6 Å². The van der Waals surface area contributed by atoms with Crippen LogP contribution in [0.4, 0.5) is 4.79 Å². The monoisotopic (exact) mass is 520 g/mol. The van der Waals surface area contributed by atoms with E-state index in [1.165, 1.54) is 5.56 Å². The number of carbonyl (C=O) groups is 2. The molecular formula is C32H32N4O3. The summed E-state index contributed by atoms with van der Waals surface area (Å²) in [4.78, 5) is 34.7. The van der Waals surface area contributed by atoms with Gasteiger partial charge in [-0.2, -0.15) is 0 Å². The van der Waals surface area contributed by atoms with Crippen molar-refractivity contribution in [1.82, 2.24) is 20.6 Å². The number of rotatable bonds is 12. The van der Waals surface area contributed by atoms with Crippen LogP contribution in [0.1, 0.15) is 28.9 Å². The Hall–Kier alpha value is -4.78. The number of hydrogen-bond acceptors (Lipinski definition) is 5. The highest BCUT2D eigenvalue weighted by Crippen LogP contribution is 2.10. The highest BCUT2D eigenvalue weighted by molar-refractivity contribution is 5.86. The van der Waals surface area contributed by atoms with Crippen LogP contribution < -0.4 is 10.6 Å². The lowest BCUT2D eigenvalue weighted by Crippen LogP contribution is -2.50. The fourth-order valence-corrected chi connectivity index (χ4v) is 4.03. The fourth-order valence-electron chi connectivity index (χ4n) is 4.03. The molecule has 0 bridgehead atoms.